The van der Waals surface area contributed by atoms with E-state index in [4.69, 9.17) is 4.74 Å². The molecule has 0 aromatic heterocycles. The van der Waals surface area contributed by atoms with E-state index < -0.39 is 22.8 Å². The van der Waals surface area contributed by atoms with Gasteiger partial charge >= 0.3 is 6.03 Å². The first-order valence-electron chi connectivity index (χ1n) is 10.4. The van der Waals surface area contributed by atoms with Crippen molar-refractivity contribution in [1.29, 1.82) is 0 Å². The molecule has 0 saturated carbocycles. The number of aryl methyl sites for hydroxylation is 1. The van der Waals surface area contributed by atoms with Crippen molar-refractivity contribution in [2.75, 3.05) is 4.90 Å². The lowest BCUT2D eigenvalue weighted by molar-refractivity contribution is -0.384. The average Bonchev–Trinajstić information content (AvgIpc) is 2.82. The van der Waals surface area contributed by atoms with Crippen molar-refractivity contribution in [2.24, 2.45) is 0 Å². The number of carbonyl (C=O) groups excluding carboxylic acids is 3. The summed E-state index contributed by atoms with van der Waals surface area (Å²) in [6.07, 6.45) is 1.41. The maximum Gasteiger partial charge on any atom is 0.335 e. The molecule has 1 aliphatic heterocycles. The molecule has 9 nitrogen and oxygen atoms in total. The van der Waals surface area contributed by atoms with Gasteiger partial charge in [0.1, 0.15) is 17.9 Å². The molecule has 35 heavy (non-hydrogen) atoms. The van der Waals surface area contributed by atoms with E-state index in [0.717, 1.165) is 14.9 Å². The molecule has 0 bridgehead atoms. The summed E-state index contributed by atoms with van der Waals surface area (Å²) in [5.41, 5.74) is 2.22. The third-order valence-corrected chi connectivity index (χ3v) is 5.74. The van der Waals surface area contributed by atoms with E-state index in [2.05, 4.69) is 21.2 Å². The van der Waals surface area contributed by atoms with E-state index in [9.17, 15) is 24.5 Å². The van der Waals surface area contributed by atoms with Crippen LogP contribution in [-0.4, -0.2) is 22.8 Å². The number of ether oxygens (including phenoxy) is 1. The van der Waals surface area contributed by atoms with E-state index in [1.807, 2.05) is 0 Å². The number of barbiturate groups is 1. The maximum atomic E-state index is 13.1. The standard InChI is InChI=1S/C25H18BrN3O6/c1-15-12-18(26)6-11-22(15)28-24(31)21(23(30)27-25(28)32)13-16-4-9-20(10-5-16)35-14-17-2-7-19(8-3-17)29(33)34/h2-13H,14H2,1H3,(H,27,30,32)/b21-13-. The SMILES string of the molecule is Cc1cc(Br)ccc1N1C(=O)NC(=O)/C(=C/c2ccc(OCc3ccc([N+](=O)[O-])cc3)cc2)C1=O. The smallest absolute Gasteiger partial charge is 0.335 e. The molecule has 0 atom stereocenters. The number of non-ortho nitro benzene ring substituents is 1. The molecule has 1 heterocycles. The van der Waals surface area contributed by atoms with Crippen LogP contribution in [0.15, 0.2) is 76.8 Å². The molecule has 4 amide bonds. The van der Waals surface area contributed by atoms with Gasteiger partial charge in [-0.25, -0.2) is 9.69 Å². The topological polar surface area (TPSA) is 119 Å². The quantitative estimate of drug-likeness (QED) is 0.207. The lowest BCUT2D eigenvalue weighted by atomic mass is 10.1. The number of carbonyl (C=O) groups is 3. The van der Waals surface area contributed by atoms with Crippen LogP contribution in [0.3, 0.4) is 0 Å². The second-order valence-electron chi connectivity index (χ2n) is 7.67. The zero-order chi connectivity index (χ0) is 25.1. The molecule has 176 valence electrons. The van der Waals surface area contributed by atoms with Crippen LogP contribution < -0.4 is 15.0 Å². The van der Waals surface area contributed by atoms with Gasteiger partial charge in [-0.2, -0.15) is 0 Å². The van der Waals surface area contributed by atoms with Crippen LogP contribution >= 0.6 is 15.9 Å². The van der Waals surface area contributed by atoms with Crippen molar-refractivity contribution in [2.45, 2.75) is 13.5 Å². The van der Waals surface area contributed by atoms with Crippen LogP contribution in [-0.2, 0) is 16.2 Å². The Morgan fingerprint density at radius 2 is 1.71 bits per heavy atom. The molecule has 3 aromatic carbocycles. The van der Waals surface area contributed by atoms with E-state index in [0.29, 0.717) is 22.6 Å². The van der Waals surface area contributed by atoms with E-state index >= 15 is 0 Å². The summed E-state index contributed by atoms with van der Waals surface area (Å²) in [7, 11) is 0. The monoisotopic (exact) mass is 535 g/mol. The average molecular weight is 536 g/mol. The summed E-state index contributed by atoms with van der Waals surface area (Å²) < 4.78 is 6.50. The van der Waals surface area contributed by atoms with Crippen LogP contribution in [0.1, 0.15) is 16.7 Å². The Balaban J connectivity index is 1.50. The molecule has 0 aliphatic carbocycles. The van der Waals surface area contributed by atoms with Gasteiger partial charge in [-0.1, -0.05) is 28.1 Å². The summed E-state index contributed by atoms with van der Waals surface area (Å²) in [5.74, 6) is -0.959. The Morgan fingerprint density at radius 1 is 1.03 bits per heavy atom. The first-order chi connectivity index (χ1) is 16.7. The van der Waals surface area contributed by atoms with Gasteiger partial charge in [0.05, 0.1) is 10.6 Å². The predicted octanol–water partition coefficient (Wildman–Crippen LogP) is 4.91. The molecule has 1 fully saturated rings. The highest BCUT2D eigenvalue weighted by molar-refractivity contribution is 9.10. The number of nitrogens with zero attached hydrogens (tertiary/aromatic N) is 2. The van der Waals surface area contributed by atoms with Crippen molar-refractivity contribution >= 4 is 51.2 Å². The number of urea groups is 1. The van der Waals surface area contributed by atoms with Crippen molar-refractivity contribution < 1.29 is 24.0 Å². The fraction of sp³-hybridized carbons (Fsp3) is 0.0800. The van der Waals surface area contributed by atoms with E-state index in [-0.39, 0.29) is 17.9 Å². The molecular weight excluding hydrogens is 518 g/mol. The normalized spacial score (nSPS) is 14.7. The number of nitro groups is 1. The summed E-state index contributed by atoms with van der Waals surface area (Å²) in [5, 5.41) is 13.0. The number of nitrogens with one attached hydrogen (secondary N) is 1. The van der Waals surface area contributed by atoms with Crippen LogP contribution in [0.4, 0.5) is 16.2 Å². The Kier molecular flexibility index (Phi) is 6.74. The summed E-state index contributed by atoms with van der Waals surface area (Å²) in [6, 6.07) is 17.0. The minimum Gasteiger partial charge on any atom is -0.489 e. The largest absolute Gasteiger partial charge is 0.489 e. The van der Waals surface area contributed by atoms with Crippen LogP contribution in [0, 0.1) is 17.0 Å². The Hall–Kier alpha value is -4.31. The Morgan fingerprint density at radius 3 is 2.34 bits per heavy atom. The number of nitro benzene ring substituents is 1. The number of rotatable bonds is 6. The molecule has 4 rings (SSSR count). The number of halogens is 1. The molecular formula is C25H18BrN3O6. The zero-order valence-electron chi connectivity index (χ0n) is 18.4. The second kappa shape index (κ2) is 9.90. The van der Waals surface area contributed by atoms with Gasteiger partial charge in [0, 0.05) is 16.6 Å². The fourth-order valence-corrected chi connectivity index (χ4v) is 3.93. The summed E-state index contributed by atoms with van der Waals surface area (Å²) in [4.78, 5) is 49.1. The molecule has 1 aliphatic rings. The summed E-state index contributed by atoms with van der Waals surface area (Å²) in [6.45, 7) is 1.97. The summed E-state index contributed by atoms with van der Waals surface area (Å²) >= 11 is 3.35. The zero-order valence-corrected chi connectivity index (χ0v) is 19.9. The van der Waals surface area contributed by atoms with Crippen molar-refractivity contribution in [3.05, 3.63) is 104 Å². The van der Waals surface area contributed by atoms with E-state index in [1.54, 1.807) is 61.5 Å². The van der Waals surface area contributed by atoms with E-state index in [1.165, 1.54) is 18.2 Å². The Labute approximate surface area is 208 Å². The van der Waals surface area contributed by atoms with Gasteiger partial charge in [-0.05, 0) is 72.2 Å². The lowest BCUT2D eigenvalue weighted by Crippen LogP contribution is -2.54. The van der Waals surface area contributed by atoms with Crippen LogP contribution in [0.25, 0.3) is 6.08 Å². The minimum absolute atomic E-state index is 0.00278. The highest BCUT2D eigenvalue weighted by Gasteiger charge is 2.37. The number of hydrogen-bond donors (Lipinski definition) is 1. The van der Waals surface area contributed by atoms with Gasteiger partial charge in [0.15, 0.2) is 0 Å². The molecule has 0 unspecified atom stereocenters. The number of benzene rings is 3. The van der Waals surface area contributed by atoms with Crippen LogP contribution in [0.2, 0.25) is 0 Å². The third kappa shape index (κ3) is 5.28. The second-order valence-corrected chi connectivity index (χ2v) is 8.59. The van der Waals surface area contributed by atoms with Crippen molar-refractivity contribution in [1.82, 2.24) is 5.32 Å². The molecule has 0 radical (unpaired) electrons. The number of hydrogen-bond acceptors (Lipinski definition) is 6. The van der Waals surface area contributed by atoms with Gasteiger partial charge < -0.3 is 4.74 Å². The molecule has 3 aromatic rings. The van der Waals surface area contributed by atoms with Crippen molar-refractivity contribution in [3.8, 4) is 5.75 Å². The molecule has 10 heteroatoms. The van der Waals surface area contributed by atoms with Gasteiger partial charge in [0.25, 0.3) is 17.5 Å². The van der Waals surface area contributed by atoms with Gasteiger partial charge in [-0.3, -0.25) is 25.0 Å². The van der Waals surface area contributed by atoms with Gasteiger partial charge in [-0.15, -0.1) is 0 Å². The minimum atomic E-state index is -0.808. The third-order valence-electron chi connectivity index (χ3n) is 5.25. The maximum absolute atomic E-state index is 13.1. The predicted molar refractivity (Wildman–Crippen MR) is 132 cm³/mol. The first-order valence-corrected chi connectivity index (χ1v) is 11.2. The first kappa shape index (κ1) is 23.8. The molecule has 1 N–H and O–H groups in total. The van der Waals surface area contributed by atoms with Crippen molar-refractivity contribution in [3.63, 3.8) is 0 Å². The highest BCUT2D eigenvalue weighted by atomic mass is 79.9. The Bertz CT molecular complexity index is 1370. The lowest BCUT2D eigenvalue weighted by Gasteiger charge is -2.27. The highest BCUT2D eigenvalue weighted by Crippen LogP contribution is 2.28. The molecule has 1 saturated heterocycles. The van der Waals surface area contributed by atoms with Crippen LogP contribution in [0.5, 0.6) is 5.75 Å². The van der Waals surface area contributed by atoms with Gasteiger partial charge in [0.2, 0.25) is 0 Å². The molecule has 0 spiro atoms. The fourth-order valence-electron chi connectivity index (χ4n) is 3.45. The number of imide groups is 2. The number of anilines is 1. The number of amides is 4.